The second kappa shape index (κ2) is 5.86. The Morgan fingerprint density at radius 3 is 2.57 bits per heavy atom. The van der Waals surface area contributed by atoms with Crippen molar-refractivity contribution in [3.8, 4) is 0 Å². The number of hydrogen-bond acceptors (Lipinski definition) is 1. The van der Waals surface area contributed by atoms with Crippen LogP contribution in [0, 0.1) is 0 Å². The Balaban J connectivity index is 1.85. The highest BCUT2D eigenvalue weighted by Crippen LogP contribution is 2.21. The fraction of sp³-hybridized carbons (Fsp3) is 0.167. The molecule has 0 bridgehead atoms. The molecule has 3 aromatic rings. The number of rotatable bonds is 4. The summed E-state index contributed by atoms with van der Waals surface area (Å²) in [6, 6.07) is 16.0. The topological polar surface area (TPSA) is 22.0 Å². The van der Waals surface area contributed by atoms with Gasteiger partial charge in [0.15, 0.2) is 5.78 Å². The summed E-state index contributed by atoms with van der Waals surface area (Å²) in [5, 5.41) is 1.14. The molecule has 21 heavy (non-hydrogen) atoms. The number of hydrogen-bond donors (Lipinski definition) is 0. The molecule has 0 spiro atoms. The van der Waals surface area contributed by atoms with E-state index in [1.807, 2.05) is 53.2 Å². The van der Waals surface area contributed by atoms with Crippen LogP contribution in [-0.4, -0.2) is 10.4 Å². The van der Waals surface area contributed by atoms with Gasteiger partial charge in [-0.15, -0.1) is 0 Å². The van der Waals surface area contributed by atoms with Gasteiger partial charge in [0.1, 0.15) is 0 Å². The number of carbonyl (C=O) groups excluding carboxylic acids is 1. The first kappa shape index (κ1) is 14.1. The van der Waals surface area contributed by atoms with Crippen LogP contribution in [0.25, 0.3) is 10.9 Å². The molecule has 0 amide bonds. The van der Waals surface area contributed by atoms with Gasteiger partial charge >= 0.3 is 0 Å². The molecule has 0 radical (unpaired) electrons. The molecule has 0 unspecified atom stereocenters. The average Bonchev–Trinajstić information content (AvgIpc) is 2.89. The second-order valence-corrected chi connectivity index (χ2v) is 6.04. The summed E-state index contributed by atoms with van der Waals surface area (Å²) < 4.78 is 3.05. The highest BCUT2D eigenvalue weighted by Gasteiger charge is 2.09. The highest BCUT2D eigenvalue weighted by atomic mass is 79.9. The van der Waals surface area contributed by atoms with Gasteiger partial charge in [0.25, 0.3) is 0 Å². The molecule has 106 valence electrons. The molecule has 0 atom stereocenters. The highest BCUT2D eigenvalue weighted by molar-refractivity contribution is 9.10. The van der Waals surface area contributed by atoms with Crippen LogP contribution < -0.4 is 0 Å². The maximum Gasteiger partial charge on any atom is 0.182 e. The van der Waals surface area contributed by atoms with Gasteiger partial charge in [0.05, 0.1) is 6.54 Å². The molecule has 1 aromatic heterocycles. The van der Waals surface area contributed by atoms with Crippen LogP contribution in [0.1, 0.15) is 22.8 Å². The molecule has 0 aliphatic rings. The zero-order valence-electron chi connectivity index (χ0n) is 11.8. The minimum Gasteiger partial charge on any atom is -0.340 e. The fourth-order valence-electron chi connectivity index (χ4n) is 2.48. The molecule has 0 aliphatic carbocycles. The van der Waals surface area contributed by atoms with Crippen LogP contribution >= 0.6 is 15.9 Å². The predicted octanol–water partition coefficient (Wildman–Crippen LogP) is 4.85. The smallest absolute Gasteiger partial charge is 0.182 e. The fourth-order valence-corrected chi connectivity index (χ4v) is 2.86. The van der Waals surface area contributed by atoms with Crippen LogP contribution in [0.15, 0.2) is 59.2 Å². The first-order valence-electron chi connectivity index (χ1n) is 7.04. The Bertz CT molecular complexity index is 787. The lowest BCUT2D eigenvalue weighted by Gasteiger charge is -2.06. The molecule has 0 aliphatic heterocycles. The molecule has 0 saturated heterocycles. The lowest BCUT2D eigenvalue weighted by atomic mass is 10.1. The Morgan fingerprint density at radius 1 is 1.10 bits per heavy atom. The molecule has 0 fully saturated rings. The Hall–Kier alpha value is -1.87. The van der Waals surface area contributed by atoms with Crippen molar-refractivity contribution < 1.29 is 4.79 Å². The normalized spacial score (nSPS) is 11.0. The van der Waals surface area contributed by atoms with Crippen molar-refractivity contribution in [3.05, 3.63) is 70.3 Å². The van der Waals surface area contributed by atoms with E-state index < -0.39 is 0 Å². The van der Waals surface area contributed by atoms with Crippen LogP contribution in [0.3, 0.4) is 0 Å². The molecule has 2 nitrogen and oxygen atoms in total. The molecular weight excluding hydrogens is 326 g/mol. The van der Waals surface area contributed by atoms with Crippen LogP contribution in [-0.2, 0) is 13.0 Å². The number of ketones is 1. The maximum atomic E-state index is 12.4. The third-order valence-electron chi connectivity index (χ3n) is 3.73. The van der Waals surface area contributed by atoms with E-state index in [0.717, 1.165) is 27.4 Å². The summed E-state index contributed by atoms with van der Waals surface area (Å²) in [6.45, 7) is 2.48. The van der Waals surface area contributed by atoms with Crippen LogP contribution in [0.5, 0.6) is 0 Å². The summed E-state index contributed by atoms with van der Waals surface area (Å²) in [6.07, 6.45) is 2.96. The van der Waals surface area contributed by atoms with Gasteiger partial charge in [0.2, 0.25) is 0 Å². The lowest BCUT2D eigenvalue weighted by molar-refractivity contribution is 0.0973. The van der Waals surface area contributed by atoms with Crippen molar-refractivity contribution >= 4 is 32.6 Å². The van der Waals surface area contributed by atoms with Crippen molar-refractivity contribution in [1.82, 2.24) is 4.57 Å². The van der Waals surface area contributed by atoms with E-state index >= 15 is 0 Å². The zero-order valence-corrected chi connectivity index (χ0v) is 13.4. The number of Topliss-reactive ketones (excluding diaryl/α,β-unsaturated/α-hetero) is 1. The van der Waals surface area contributed by atoms with E-state index in [1.165, 1.54) is 5.56 Å². The summed E-state index contributed by atoms with van der Waals surface area (Å²) in [5.41, 5.74) is 3.10. The van der Waals surface area contributed by atoms with Crippen molar-refractivity contribution in [3.63, 3.8) is 0 Å². The number of nitrogens with zero attached hydrogens (tertiary/aromatic N) is 1. The molecular formula is C18H16BrNO. The number of carbonyl (C=O) groups is 1. The molecule has 2 aromatic carbocycles. The first-order chi connectivity index (χ1) is 10.2. The van der Waals surface area contributed by atoms with Crippen molar-refractivity contribution in [1.29, 1.82) is 0 Å². The number of benzene rings is 2. The molecule has 3 rings (SSSR count). The molecule has 1 heterocycles. The van der Waals surface area contributed by atoms with Gasteiger partial charge < -0.3 is 4.57 Å². The van der Waals surface area contributed by atoms with E-state index in [4.69, 9.17) is 0 Å². The molecule has 0 N–H and O–H groups in total. The number of halogens is 1. The third-order valence-corrected chi connectivity index (χ3v) is 4.22. The minimum absolute atomic E-state index is 0.137. The molecule has 0 saturated carbocycles. The second-order valence-electron chi connectivity index (χ2n) is 5.12. The van der Waals surface area contributed by atoms with Crippen LogP contribution in [0.2, 0.25) is 0 Å². The van der Waals surface area contributed by atoms with Gasteiger partial charge in [0, 0.05) is 27.1 Å². The third kappa shape index (κ3) is 2.93. The maximum absolute atomic E-state index is 12.4. The predicted molar refractivity (Wildman–Crippen MR) is 89.8 cm³/mol. The number of aryl methyl sites for hydroxylation is 1. The summed E-state index contributed by atoms with van der Waals surface area (Å²) in [5.74, 6) is 0.137. The Labute approximate surface area is 132 Å². The van der Waals surface area contributed by atoms with E-state index in [9.17, 15) is 4.79 Å². The van der Waals surface area contributed by atoms with E-state index in [-0.39, 0.29) is 5.78 Å². The Kier molecular flexibility index (Phi) is 3.93. The number of fused-ring (bicyclic) bond motifs is 1. The lowest BCUT2D eigenvalue weighted by Crippen LogP contribution is -2.09. The Morgan fingerprint density at radius 2 is 1.86 bits per heavy atom. The SMILES string of the molecule is CCc1ccc(C(=O)Cn2ccc3cc(Br)ccc32)cc1. The van der Waals surface area contributed by atoms with Gasteiger partial charge in [-0.05, 0) is 36.2 Å². The van der Waals surface area contributed by atoms with Gasteiger partial charge in [-0.25, -0.2) is 0 Å². The van der Waals surface area contributed by atoms with Crippen molar-refractivity contribution in [2.75, 3.05) is 0 Å². The van der Waals surface area contributed by atoms with Gasteiger partial charge in [-0.2, -0.15) is 0 Å². The number of aromatic nitrogens is 1. The van der Waals surface area contributed by atoms with Crippen LogP contribution in [0.4, 0.5) is 0 Å². The monoisotopic (exact) mass is 341 g/mol. The minimum atomic E-state index is 0.137. The van der Waals surface area contributed by atoms with E-state index in [0.29, 0.717) is 6.54 Å². The summed E-state index contributed by atoms with van der Waals surface area (Å²) in [7, 11) is 0. The standard InChI is InChI=1S/C18H16BrNO/c1-2-13-3-5-14(6-4-13)18(21)12-20-10-9-15-11-16(19)7-8-17(15)20/h3-11H,2,12H2,1H3. The van der Waals surface area contributed by atoms with Gasteiger partial charge in [-0.3, -0.25) is 4.79 Å². The van der Waals surface area contributed by atoms with Gasteiger partial charge in [-0.1, -0.05) is 47.1 Å². The largest absolute Gasteiger partial charge is 0.340 e. The average molecular weight is 342 g/mol. The van der Waals surface area contributed by atoms with E-state index in [2.05, 4.69) is 28.9 Å². The quantitative estimate of drug-likeness (QED) is 0.621. The van der Waals surface area contributed by atoms with Crippen molar-refractivity contribution in [2.24, 2.45) is 0 Å². The summed E-state index contributed by atoms with van der Waals surface area (Å²) >= 11 is 3.47. The summed E-state index contributed by atoms with van der Waals surface area (Å²) in [4.78, 5) is 12.4. The molecule has 3 heteroatoms. The first-order valence-corrected chi connectivity index (χ1v) is 7.83. The van der Waals surface area contributed by atoms with E-state index in [1.54, 1.807) is 0 Å². The van der Waals surface area contributed by atoms with Crippen molar-refractivity contribution in [2.45, 2.75) is 19.9 Å². The zero-order chi connectivity index (χ0) is 14.8.